The highest BCUT2D eigenvalue weighted by molar-refractivity contribution is 6.30. The van der Waals surface area contributed by atoms with Gasteiger partial charge in [0, 0.05) is 0 Å². The van der Waals surface area contributed by atoms with Crippen molar-refractivity contribution >= 4 is 17.4 Å². The molecule has 6 atom stereocenters. The number of hydrogen-bond acceptors (Lipinski definition) is 1. The molecule has 0 bridgehead atoms. The number of alkyl halides is 1. The number of allylic oxidation sites excluding steroid dienone is 2. The van der Waals surface area contributed by atoms with Crippen LogP contribution in [-0.2, 0) is 4.79 Å². The van der Waals surface area contributed by atoms with E-state index in [1.165, 1.54) is 51.4 Å². The zero-order valence-electron chi connectivity index (χ0n) is 14.7. The Morgan fingerprint density at radius 3 is 2.74 bits per heavy atom. The highest BCUT2D eigenvalue weighted by Gasteiger charge is 2.58. The zero-order chi connectivity index (χ0) is 16.2. The number of carbonyl (C=O) groups is 1. The molecule has 0 heterocycles. The first-order valence-electron chi connectivity index (χ1n) is 9.80. The molecule has 1 nitrogen and oxygen atoms in total. The fraction of sp³-hybridized carbons (Fsp3) is 0.857. The molecule has 4 rings (SSSR count). The van der Waals surface area contributed by atoms with Gasteiger partial charge in [-0.1, -0.05) is 32.8 Å². The summed E-state index contributed by atoms with van der Waals surface area (Å²) in [5, 5.41) is 0. The van der Waals surface area contributed by atoms with Crippen molar-refractivity contribution in [3.8, 4) is 0 Å². The molecule has 1 unspecified atom stereocenters. The number of halogens is 1. The highest BCUT2D eigenvalue weighted by atomic mass is 35.5. The lowest BCUT2D eigenvalue weighted by Gasteiger charge is -2.60. The van der Waals surface area contributed by atoms with Crippen molar-refractivity contribution in [3.05, 3.63) is 11.6 Å². The van der Waals surface area contributed by atoms with Gasteiger partial charge in [0.1, 0.15) is 0 Å². The largest absolute Gasteiger partial charge is 0.293 e. The summed E-state index contributed by atoms with van der Waals surface area (Å²) >= 11 is 5.89. The van der Waals surface area contributed by atoms with Crippen molar-refractivity contribution in [1.82, 2.24) is 0 Å². The van der Waals surface area contributed by atoms with E-state index in [1.807, 2.05) is 0 Å². The van der Waals surface area contributed by atoms with E-state index in [4.69, 9.17) is 11.6 Å². The van der Waals surface area contributed by atoms with Crippen LogP contribution in [0.4, 0.5) is 0 Å². The molecular formula is C21H31ClO. The van der Waals surface area contributed by atoms with Crippen LogP contribution < -0.4 is 0 Å². The lowest BCUT2D eigenvalue weighted by Crippen LogP contribution is -2.52. The van der Waals surface area contributed by atoms with Crippen LogP contribution in [0.3, 0.4) is 0 Å². The van der Waals surface area contributed by atoms with Gasteiger partial charge in [0.15, 0.2) is 5.78 Å². The number of Topliss-reactive ketones (excluding diaryl/α,β-unsaturated/α-hetero) is 1. The third-order valence-electron chi connectivity index (χ3n) is 8.59. The number of fused-ring (bicyclic) bond motifs is 5. The summed E-state index contributed by atoms with van der Waals surface area (Å²) in [4.78, 5) is 12.3. The minimum atomic E-state index is 0.116. The molecule has 23 heavy (non-hydrogen) atoms. The van der Waals surface area contributed by atoms with Crippen LogP contribution in [0.2, 0.25) is 0 Å². The smallest absolute Gasteiger partial charge is 0.173 e. The molecule has 0 aromatic carbocycles. The number of rotatable bonds is 2. The predicted octanol–water partition coefficient (Wildman–Crippen LogP) is 5.76. The van der Waals surface area contributed by atoms with E-state index in [9.17, 15) is 4.79 Å². The van der Waals surface area contributed by atoms with E-state index >= 15 is 0 Å². The van der Waals surface area contributed by atoms with Gasteiger partial charge in [0.25, 0.3) is 0 Å². The molecule has 3 fully saturated rings. The maximum Gasteiger partial charge on any atom is 0.173 e. The summed E-state index contributed by atoms with van der Waals surface area (Å²) < 4.78 is 0. The molecule has 0 saturated heterocycles. The SMILES string of the molecule is C[C@]12CCCCC1CC[C@@H]1[C@@H]2CC[C@]2(C)C(C(=O)CCl)=CC[C@@H]12. The summed E-state index contributed by atoms with van der Waals surface area (Å²) in [6.45, 7) is 4.98. The maximum absolute atomic E-state index is 12.3. The van der Waals surface area contributed by atoms with E-state index in [1.54, 1.807) is 0 Å². The minimum absolute atomic E-state index is 0.116. The summed E-state index contributed by atoms with van der Waals surface area (Å²) in [6, 6.07) is 0. The zero-order valence-corrected chi connectivity index (χ0v) is 15.5. The van der Waals surface area contributed by atoms with Gasteiger partial charge in [0.05, 0.1) is 5.88 Å². The Labute approximate surface area is 146 Å². The van der Waals surface area contributed by atoms with E-state index in [-0.39, 0.29) is 17.1 Å². The highest BCUT2D eigenvalue weighted by Crippen LogP contribution is 2.66. The van der Waals surface area contributed by atoms with Crippen LogP contribution >= 0.6 is 11.6 Å². The Bertz CT molecular complexity index is 538. The standard InChI is InChI=1S/C21H31ClO/c1-20-11-4-3-5-14(20)6-7-15-16-8-9-18(19(23)13-22)21(16,2)12-10-17(15)20/h9,14-17H,3-8,10-13H2,1-2H3/t14?,15-,16-,17-,20-,21-/m0/s1. The first-order chi connectivity index (χ1) is 11.0. The van der Waals surface area contributed by atoms with Gasteiger partial charge in [-0.2, -0.15) is 0 Å². The van der Waals surface area contributed by atoms with Crippen molar-refractivity contribution in [2.75, 3.05) is 5.88 Å². The minimum Gasteiger partial charge on any atom is -0.293 e. The second kappa shape index (κ2) is 5.61. The normalized spacial score (nSPS) is 48.9. The van der Waals surface area contributed by atoms with E-state index in [0.717, 1.165) is 29.7 Å². The summed E-state index contributed by atoms with van der Waals surface area (Å²) in [5.74, 6) is 3.75. The first kappa shape index (κ1) is 16.2. The van der Waals surface area contributed by atoms with Crippen LogP contribution in [-0.4, -0.2) is 11.7 Å². The second-order valence-electron chi connectivity index (χ2n) is 9.27. The quantitative estimate of drug-likeness (QED) is 0.586. The Morgan fingerprint density at radius 1 is 1.13 bits per heavy atom. The Morgan fingerprint density at radius 2 is 1.96 bits per heavy atom. The van der Waals surface area contributed by atoms with Crippen LogP contribution in [0.25, 0.3) is 0 Å². The maximum atomic E-state index is 12.3. The van der Waals surface area contributed by atoms with Crippen LogP contribution in [0.1, 0.15) is 71.6 Å². The molecule has 0 aromatic rings. The molecular weight excluding hydrogens is 304 g/mol. The first-order valence-corrected chi connectivity index (χ1v) is 10.3. The molecule has 3 saturated carbocycles. The Hall–Kier alpha value is -0.300. The van der Waals surface area contributed by atoms with Gasteiger partial charge < -0.3 is 0 Å². The lowest BCUT2D eigenvalue weighted by molar-refractivity contribution is -0.118. The third-order valence-corrected chi connectivity index (χ3v) is 8.83. The molecule has 0 aromatic heterocycles. The van der Waals surface area contributed by atoms with Crippen LogP contribution in [0, 0.1) is 34.5 Å². The average Bonchev–Trinajstić information content (AvgIpc) is 2.91. The summed E-state index contributed by atoms with van der Waals surface area (Å²) in [6.07, 6.45) is 14.6. The average molecular weight is 335 g/mol. The fourth-order valence-electron chi connectivity index (χ4n) is 7.37. The van der Waals surface area contributed by atoms with Crippen molar-refractivity contribution < 1.29 is 4.79 Å². The number of hydrogen-bond donors (Lipinski definition) is 0. The van der Waals surface area contributed by atoms with Crippen molar-refractivity contribution in [2.24, 2.45) is 34.5 Å². The Kier molecular flexibility index (Phi) is 3.95. The van der Waals surface area contributed by atoms with Crippen LogP contribution in [0.15, 0.2) is 11.6 Å². The second-order valence-corrected chi connectivity index (χ2v) is 9.54. The monoisotopic (exact) mass is 334 g/mol. The van der Waals surface area contributed by atoms with E-state index < -0.39 is 0 Å². The van der Waals surface area contributed by atoms with E-state index in [2.05, 4.69) is 19.9 Å². The van der Waals surface area contributed by atoms with Gasteiger partial charge in [-0.3, -0.25) is 4.79 Å². The molecule has 128 valence electrons. The Balaban J connectivity index is 1.62. The van der Waals surface area contributed by atoms with Crippen molar-refractivity contribution in [3.63, 3.8) is 0 Å². The van der Waals surface area contributed by atoms with Gasteiger partial charge in [-0.25, -0.2) is 0 Å². The molecule has 0 radical (unpaired) electrons. The molecule has 2 heteroatoms. The molecule has 0 N–H and O–H groups in total. The van der Waals surface area contributed by atoms with Gasteiger partial charge in [-0.05, 0) is 85.0 Å². The predicted molar refractivity (Wildman–Crippen MR) is 95.5 cm³/mol. The lowest BCUT2D eigenvalue weighted by atomic mass is 9.45. The molecule has 0 amide bonds. The van der Waals surface area contributed by atoms with Gasteiger partial charge in [-0.15, -0.1) is 11.6 Å². The molecule has 0 aliphatic heterocycles. The molecule has 4 aliphatic rings. The topological polar surface area (TPSA) is 17.1 Å². The summed E-state index contributed by atoms with van der Waals surface area (Å²) in [7, 11) is 0. The van der Waals surface area contributed by atoms with Gasteiger partial charge in [0.2, 0.25) is 0 Å². The van der Waals surface area contributed by atoms with Crippen molar-refractivity contribution in [1.29, 1.82) is 0 Å². The van der Waals surface area contributed by atoms with Crippen molar-refractivity contribution in [2.45, 2.75) is 71.6 Å². The molecule has 4 aliphatic carbocycles. The summed E-state index contributed by atoms with van der Waals surface area (Å²) in [5.41, 5.74) is 1.78. The van der Waals surface area contributed by atoms with Gasteiger partial charge >= 0.3 is 0 Å². The van der Waals surface area contributed by atoms with Crippen LogP contribution in [0.5, 0.6) is 0 Å². The number of carbonyl (C=O) groups excluding carboxylic acids is 1. The number of ketones is 1. The third kappa shape index (κ3) is 2.21. The van der Waals surface area contributed by atoms with E-state index in [0.29, 0.717) is 11.3 Å². The molecule has 0 spiro atoms. The fourth-order valence-corrected chi connectivity index (χ4v) is 7.51.